The average molecular weight is 606 g/mol. The van der Waals surface area contributed by atoms with Gasteiger partial charge in [0.2, 0.25) is 6.71 Å². The van der Waals surface area contributed by atoms with Crippen LogP contribution in [-0.2, 0) is 0 Å². The molecule has 3 heterocycles. The first-order chi connectivity index (χ1) is 21.3. The maximum atomic E-state index is 6.77. The third-order valence-electron chi connectivity index (χ3n) is 9.66. The highest BCUT2D eigenvalue weighted by Gasteiger charge is 2.42. The predicted molar refractivity (Wildman–Crippen MR) is 192 cm³/mol. The zero-order chi connectivity index (χ0) is 30.3. The standard InChI is InChI=1S/C39H36B2OS2/c1-22(2)25-18-26(23(3)4)38(27(19-25)24(5)6)41-29-13-8-10-16-35(29)44-37-21-33-30(20-31(37)41)40-28-12-7-9-15-34(28)43-36-17-11-14-32(42-33)39(36)40/h7-24H,1-6H3. The Morgan fingerprint density at radius 1 is 0.477 bits per heavy atom. The lowest BCUT2D eigenvalue weighted by atomic mass is 9.32. The van der Waals surface area contributed by atoms with Crippen molar-refractivity contribution in [3.63, 3.8) is 0 Å². The SMILES string of the molecule is CC(C)c1cc(C(C)C)c(B2c3ccccc3Sc3cc4c(cc32)B2c3ccccc3Sc3cccc(c32)O4)c(C(C)C)c1. The molecule has 0 saturated carbocycles. The van der Waals surface area contributed by atoms with Gasteiger partial charge in [-0.25, -0.2) is 0 Å². The van der Waals surface area contributed by atoms with Gasteiger partial charge < -0.3 is 4.74 Å². The molecule has 0 saturated heterocycles. The smallest absolute Gasteiger partial charge is 0.253 e. The van der Waals surface area contributed by atoms with Crippen LogP contribution in [0.4, 0.5) is 0 Å². The number of rotatable bonds is 4. The molecule has 44 heavy (non-hydrogen) atoms. The second kappa shape index (κ2) is 10.7. The molecule has 0 unspecified atom stereocenters. The van der Waals surface area contributed by atoms with Crippen molar-refractivity contribution in [2.24, 2.45) is 0 Å². The van der Waals surface area contributed by atoms with Gasteiger partial charge >= 0.3 is 0 Å². The number of fused-ring (bicyclic) bond motifs is 6. The van der Waals surface area contributed by atoms with E-state index >= 15 is 0 Å². The third kappa shape index (κ3) is 4.34. The van der Waals surface area contributed by atoms with Gasteiger partial charge in [0.05, 0.1) is 0 Å². The van der Waals surface area contributed by atoms with Crippen LogP contribution in [0.25, 0.3) is 0 Å². The van der Waals surface area contributed by atoms with Crippen LogP contribution in [0.5, 0.6) is 11.5 Å². The molecule has 5 aromatic carbocycles. The third-order valence-corrected chi connectivity index (χ3v) is 12.0. The summed E-state index contributed by atoms with van der Waals surface area (Å²) in [5.74, 6) is 3.32. The molecule has 0 atom stereocenters. The highest BCUT2D eigenvalue weighted by Crippen LogP contribution is 2.39. The van der Waals surface area contributed by atoms with Gasteiger partial charge in [-0.15, -0.1) is 0 Å². The normalized spacial score (nSPS) is 14.2. The Morgan fingerprint density at radius 3 is 1.66 bits per heavy atom. The fourth-order valence-electron chi connectivity index (χ4n) is 7.49. The molecule has 0 aromatic heterocycles. The van der Waals surface area contributed by atoms with Crippen molar-refractivity contribution in [1.82, 2.24) is 0 Å². The molecule has 3 aliphatic heterocycles. The van der Waals surface area contributed by atoms with Gasteiger partial charge in [-0.2, -0.15) is 0 Å². The van der Waals surface area contributed by atoms with Crippen molar-refractivity contribution < 1.29 is 4.74 Å². The Kier molecular flexibility index (Phi) is 6.84. The summed E-state index contributed by atoms with van der Waals surface area (Å²) in [7, 11) is 0. The molecular weight excluding hydrogens is 570 g/mol. The molecular formula is C39H36B2OS2. The summed E-state index contributed by atoms with van der Waals surface area (Å²) < 4.78 is 6.77. The van der Waals surface area contributed by atoms with E-state index in [0.717, 1.165) is 11.5 Å². The van der Waals surface area contributed by atoms with Crippen LogP contribution in [-0.4, -0.2) is 13.4 Å². The van der Waals surface area contributed by atoms with Crippen LogP contribution in [0.2, 0.25) is 0 Å². The van der Waals surface area contributed by atoms with Crippen LogP contribution in [0, 0.1) is 0 Å². The van der Waals surface area contributed by atoms with Gasteiger partial charge in [0.25, 0.3) is 6.71 Å². The van der Waals surface area contributed by atoms with Crippen LogP contribution in [0.15, 0.2) is 111 Å². The number of hydrogen-bond acceptors (Lipinski definition) is 3. The van der Waals surface area contributed by atoms with Crippen molar-refractivity contribution in [1.29, 1.82) is 0 Å². The van der Waals surface area contributed by atoms with Gasteiger partial charge in [-0.3, -0.25) is 0 Å². The topological polar surface area (TPSA) is 9.23 Å². The van der Waals surface area contributed by atoms with Crippen molar-refractivity contribution >= 4 is 69.7 Å². The summed E-state index contributed by atoms with van der Waals surface area (Å²) in [5.41, 5.74) is 12.7. The lowest BCUT2D eigenvalue weighted by Gasteiger charge is -2.36. The predicted octanol–water partition coefficient (Wildman–Crippen LogP) is 7.12. The first kappa shape index (κ1) is 28.2. The lowest BCUT2D eigenvalue weighted by molar-refractivity contribution is 0.485. The molecule has 3 aliphatic rings. The van der Waals surface area contributed by atoms with Gasteiger partial charge in [0.15, 0.2) is 0 Å². The van der Waals surface area contributed by atoms with E-state index in [9.17, 15) is 0 Å². The Morgan fingerprint density at radius 2 is 1.05 bits per heavy atom. The lowest BCUT2D eigenvalue weighted by Crippen LogP contribution is -2.61. The summed E-state index contributed by atoms with van der Waals surface area (Å²) in [5, 5.41) is 0. The molecule has 0 aliphatic carbocycles. The van der Waals surface area contributed by atoms with Crippen LogP contribution >= 0.6 is 23.5 Å². The van der Waals surface area contributed by atoms with E-state index in [2.05, 4.69) is 133 Å². The average Bonchev–Trinajstić information content (AvgIpc) is 3.02. The monoisotopic (exact) mass is 606 g/mol. The fourth-order valence-corrected chi connectivity index (χ4v) is 9.80. The first-order valence-electron chi connectivity index (χ1n) is 16.0. The van der Waals surface area contributed by atoms with Crippen LogP contribution in [0.1, 0.15) is 76.0 Å². The molecule has 5 aromatic rings. The second-order valence-electron chi connectivity index (χ2n) is 13.4. The molecule has 216 valence electrons. The molecule has 0 spiro atoms. The minimum atomic E-state index is 0.160. The van der Waals surface area contributed by atoms with Crippen molar-refractivity contribution in [2.45, 2.75) is 78.9 Å². The summed E-state index contributed by atoms with van der Waals surface area (Å²) in [6.07, 6.45) is 0. The van der Waals surface area contributed by atoms with Crippen LogP contribution < -0.4 is 37.5 Å². The van der Waals surface area contributed by atoms with Crippen molar-refractivity contribution in [3.8, 4) is 11.5 Å². The summed E-state index contributed by atoms with van der Waals surface area (Å²) in [6, 6.07) is 34.5. The molecule has 0 radical (unpaired) electrons. The van der Waals surface area contributed by atoms with Gasteiger partial charge in [0.1, 0.15) is 11.5 Å². The highest BCUT2D eigenvalue weighted by molar-refractivity contribution is 8.00. The zero-order valence-corrected chi connectivity index (χ0v) is 27.9. The molecule has 5 heteroatoms. The molecule has 0 amide bonds. The van der Waals surface area contributed by atoms with E-state index in [4.69, 9.17) is 4.74 Å². The van der Waals surface area contributed by atoms with Crippen molar-refractivity contribution in [3.05, 3.63) is 108 Å². The van der Waals surface area contributed by atoms with Gasteiger partial charge in [0, 0.05) is 19.6 Å². The van der Waals surface area contributed by atoms with E-state index in [1.54, 1.807) is 0 Å². The minimum Gasteiger partial charge on any atom is -0.458 e. The molecule has 8 rings (SSSR count). The zero-order valence-electron chi connectivity index (χ0n) is 26.3. The van der Waals surface area contributed by atoms with Gasteiger partial charge in [-0.05, 0) is 75.7 Å². The highest BCUT2D eigenvalue weighted by atomic mass is 32.2. The summed E-state index contributed by atoms with van der Waals surface area (Å²) in [4.78, 5) is 5.31. The molecule has 1 nitrogen and oxygen atoms in total. The molecule has 0 fully saturated rings. The van der Waals surface area contributed by atoms with E-state index in [1.807, 2.05) is 23.5 Å². The first-order valence-corrected chi connectivity index (χ1v) is 17.6. The van der Waals surface area contributed by atoms with E-state index in [-0.39, 0.29) is 13.4 Å². The Labute approximate surface area is 271 Å². The van der Waals surface area contributed by atoms with Crippen LogP contribution in [0.3, 0.4) is 0 Å². The number of ether oxygens (including phenoxy) is 1. The maximum Gasteiger partial charge on any atom is 0.253 e. The molecule has 0 bridgehead atoms. The Balaban J connectivity index is 1.42. The second-order valence-corrected chi connectivity index (χ2v) is 15.6. The molecule has 0 N–H and O–H groups in total. The maximum absolute atomic E-state index is 6.77. The van der Waals surface area contributed by atoms with E-state index in [0.29, 0.717) is 17.8 Å². The summed E-state index contributed by atoms with van der Waals surface area (Å²) >= 11 is 3.77. The van der Waals surface area contributed by atoms with E-state index < -0.39 is 0 Å². The van der Waals surface area contributed by atoms with E-state index in [1.165, 1.54) is 69.0 Å². The Bertz CT molecular complexity index is 1930. The largest absolute Gasteiger partial charge is 0.458 e. The fraction of sp³-hybridized carbons (Fsp3) is 0.231. The van der Waals surface area contributed by atoms with Gasteiger partial charge in [-0.1, -0.05) is 148 Å². The number of hydrogen-bond donors (Lipinski definition) is 0. The number of benzene rings is 5. The summed E-state index contributed by atoms with van der Waals surface area (Å²) in [6.45, 7) is 14.4. The quantitative estimate of drug-likeness (QED) is 0.198. The minimum absolute atomic E-state index is 0.160. The Hall–Kier alpha value is -3.27. The van der Waals surface area contributed by atoms with Crippen molar-refractivity contribution in [2.75, 3.05) is 0 Å².